The van der Waals surface area contributed by atoms with Crippen molar-refractivity contribution in [2.45, 2.75) is 26.4 Å². The van der Waals surface area contributed by atoms with E-state index in [1.165, 1.54) is 0 Å². The zero-order chi connectivity index (χ0) is 16.8. The fourth-order valence-electron chi connectivity index (χ4n) is 2.73. The van der Waals surface area contributed by atoms with Gasteiger partial charge in [0.25, 0.3) is 5.91 Å². The maximum Gasteiger partial charge on any atom is 0.317 e. The van der Waals surface area contributed by atoms with Gasteiger partial charge in [0.05, 0.1) is 6.54 Å². The number of hydrogen-bond donors (Lipinski definition) is 1. The van der Waals surface area contributed by atoms with Crippen LogP contribution in [0.2, 0.25) is 0 Å². The minimum atomic E-state index is -0.836. The molecule has 126 valence electrons. The number of piperazine rings is 1. The van der Waals surface area contributed by atoms with Crippen LogP contribution in [0.25, 0.3) is 0 Å². The van der Waals surface area contributed by atoms with Crippen LogP contribution in [0.4, 0.5) is 0 Å². The second kappa shape index (κ2) is 7.97. The van der Waals surface area contributed by atoms with Gasteiger partial charge in [-0.2, -0.15) is 0 Å². The molecule has 1 aliphatic heterocycles. The van der Waals surface area contributed by atoms with Crippen molar-refractivity contribution in [2.75, 3.05) is 32.7 Å². The average molecular weight is 320 g/mol. The number of aliphatic carboxylic acids is 1. The largest absolute Gasteiger partial charge is 0.481 e. The van der Waals surface area contributed by atoms with E-state index in [9.17, 15) is 9.59 Å². The molecular weight excluding hydrogens is 296 g/mol. The van der Waals surface area contributed by atoms with E-state index in [2.05, 4.69) is 6.92 Å². The van der Waals surface area contributed by atoms with Gasteiger partial charge in [-0.25, -0.2) is 0 Å². The van der Waals surface area contributed by atoms with Gasteiger partial charge in [-0.1, -0.05) is 25.1 Å². The van der Waals surface area contributed by atoms with Crippen molar-refractivity contribution in [1.82, 2.24) is 9.80 Å². The van der Waals surface area contributed by atoms with Crippen LogP contribution in [-0.4, -0.2) is 65.6 Å². The Hall–Kier alpha value is -2.08. The first-order valence-corrected chi connectivity index (χ1v) is 7.98. The number of carbonyl (C=O) groups excluding carboxylic acids is 1. The maximum absolute atomic E-state index is 12.5. The first kappa shape index (κ1) is 17.3. The van der Waals surface area contributed by atoms with E-state index >= 15 is 0 Å². The molecule has 1 aromatic carbocycles. The fraction of sp³-hybridized carbons (Fsp3) is 0.529. The number of ether oxygens (including phenoxy) is 1. The Bertz CT molecular complexity index is 553. The molecule has 1 N–H and O–H groups in total. The second-order valence-corrected chi connectivity index (χ2v) is 5.72. The van der Waals surface area contributed by atoms with Crippen molar-refractivity contribution in [3.8, 4) is 5.75 Å². The lowest BCUT2D eigenvalue weighted by Gasteiger charge is -2.35. The van der Waals surface area contributed by atoms with E-state index < -0.39 is 12.1 Å². The van der Waals surface area contributed by atoms with Crippen LogP contribution in [0.15, 0.2) is 24.3 Å². The standard InChI is InChI=1S/C17H24N2O4/c1-3-14-6-4-5-7-15(14)23-13(2)17(22)19-10-8-18(9-11-19)12-16(20)21/h4-7,13H,3,8-12H2,1-2H3,(H,20,21). The van der Waals surface area contributed by atoms with E-state index in [4.69, 9.17) is 9.84 Å². The van der Waals surface area contributed by atoms with Gasteiger partial charge in [-0.3, -0.25) is 14.5 Å². The summed E-state index contributed by atoms with van der Waals surface area (Å²) in [6, 6.07) is 7.74. The Morgan fingerprint density at radius 2 is 1.87 bits per heavy atom. The van der Waals surface area contributed by atoms with Crippen molar-refractivity contribution in [1.29, 1.82) is 0 Å². The monoisotopic (exact) mass is 320 g/mol. The SMILES string of the molecule is CCc1ccccc1OC(C)C(=O)N1CCN(CC(=O)O)CC1. The van der Waals surface area contributed by atoms with Crippen molar-refractivity contribution < 1.29 is 19.4 Å². The number of carbonyl (C=O) groups is 2. The van der Waals surface area contributed by atoms with Crippen LogP contribution < -0.4 is 4.74 Å². The van der Waals surface area contributed by atoms with Gasteiger partial charge in [0.2, 0.25) is 0 Å². The van der Waals surface area contributed by atoms with Crippen LogP contribution in [-0.2, 0) is 16.0 Å². The molecule has 1 fully saturated rings. The summed E-state index contributed by atoms with van der Waals surface area (Å²) in [5.74, 6) is -0.135. The highest BCUT2D eigenvalue weighted by atomic mass is 16.5. The van der Waals surface area contributed by atoms with Crippen molar-refractivity contribution in [3.63, 3.8) is 0 Å². The molecule has 0 aromatic heterocycles. The number of para-hydroxylation sites is 1. The lowest BCUT2D eigenvalue weighted by atomic mass is 10.1. The molecule has 1 unspecified atom stereocenters. The summed E-state index contributed by atoms with van der Waals surface area (Å²) in [7, 11) is 0. The summed E-state index contributed by atoms with van der Waals surface area (Å²) >= 11 is 0. The molecule has 1 amide bonds. The lowest BCUT2D eigenvalue weighted by molar-refractivity contribution is -0.141. The summed E-state index contributed by atoms with van der Waals surface area (Å²) in [5.41, 5.74) is 1.08. The third-order valence-corrected chi connectivity index (χ3v) is 4.05. The number of carboxylic acid groups (broad SMARTS) is 1. The number of amides is 1. The third kappa shape index (κ3) is 4.69. The molecule has 6 heteroatoms. The zero-order valence-corrected chi connectivity index (χ0v) is 13.7. The van der Waals surface area contributed by atoms with Crippen LogP contribution in [0.1, 0.15) is 19.4 Å². The summed E-state index contributed by atoms with van der Waals surface area (Å²) in [6.07, 6.45) is 0.305. The number of aryl methyl sites for hydroxylation is 1. The quantitative estimate of drug-likeness (QED) is 0.854. The lowest BCUT2D eigenvalue weighted by Crippen LogP contribution is -2.52. The van der Waals surface area contributed by atoms with Gasteiger partial charge in [0, 0.05) is 26.2 Å². The molecule has 1 heterocycles. The van der Waals surface area contributed by atoms with Gasteiger partial charge < -0.3 is 14.7 Å². The zero-order valence-electron chi connectivity index (χ0n) is 13.7. The highest BCUT2D eigenvalue weighted by molar-refractivity contribution is 5.81. The van der Waals surface area contributed by atoms with E-state index in [-0.39, 0.29) is 12.5 Å². The van der Waals surface area contributed by atoms with Gasteiger partial charge in [0.15, 0.2) is 6.10 Å². The average Bonchev–Trinajstić information content (AvgIpc) is 2.55. The van der Waals surface area contributed by atoms with E-state index in [0.717, 1.165) is 17.7 Å². The number of nitrogens with zero attached hydrogens (tertiary/aromatic N) is 2. The number of carboxylic acids is 1. The van der Waals surface area contributed by atoms with Gasteiger partial charge in [-0.15, -0.1) is 0 Å². The molecule has 0 saturated carbocycles. The Kier molecular flexibility index (Phi) is 5.98. The van der Waals surface area contributed by atoms with Crippen LogP contribution in [0.5, 0.6) is 5.75 Å². The fourth-order valence-corrected chi connectivity index (χ4v) is 2.73. The first-order chi connectivity index (χ1) is 11.0. The molecule has 6 nitrogen and oxygen atoms in total. The molecule has 0 aliphatic carbocycles. The van der Waals surface area contributed by atoms with Crippen LogP contribution in [0.3, 0.4) is 0 Å². The van der Waals surface area contributed by atoms with Gasteiger partial charge in [-0.05, 0) is 25.0 Å². The minimum Gasteiger partial charge on any atom is -0.481 e. The van der Waals surface area contributed by atoms with Crippen LogP contribution in [0, 0.1) is 0 Å². The Balaban J connectivity index is 1.89. The van der Waals surface area contributed by atoms with Crippen molar-refractivity contribution in [2.24, 2.45) is 0 Å². The summed E-state index contributed by atoms with van der Waals surface area (Å²) in [4.78, 5) is 26.8. The van der Waals surface area contributed by atoms with Gasteiger partial charge in [0.1, 0.15) is 5.75 Å². The number of hydrogen-bond acceptors (Lipinski definition) is 4. The topological polar surface area (TPSA) is 70.1 Å². The maximum atomic E-state index is 12.5. The van der Waals surface area contributed by atoms with E-state index in [1.807, 2.05) is 29.2 Å². The molecule has 0 spiro atoms. The second-order valence-electron chi connectivity index (χ2n) is 5.72. The van der Waals surface area contributed by atoms with Crippen LogP contribution >= 0.6 is 0 Å². The normalized spacial score (nSPS) is 16.9. The molecule has 1 aromatic rings. The van der Waals surface area contributed by atoms with Crippen molar-refractivity contribution in [3.05, 3.63) is 29.8 Å². The molecule has 1 saturated heterocycles. The smallest absolute Gasteiger partial charge is 0.317 e. The summed E-state index contributed by atoms with van der Waals surface area (Å²) < 4.78 is 5.84. The highest BCUT2D eigenvalue weighted by Crippen LogP contribution is 2.20. The van der Waals surface area contributed by atoms with E-state index in [1.54, 1.807) is 11.8 Å². The third-order valence-electron chi connectivity index (χ3n) is 4.05. The highest BCUT2D eigenvalue weighted by Gasteiger charge is 2.26. The molecule has 1 aliphatic rings. The van der Waals surface area contributed by atoms with E-state index in [0.29, 0.717) is 26.2 Å². The number of benzene rings is 1. The Morgan fingerprint density at radius 1 is 1.22 bits per heavy atom. The summed E-state index contributed by atoms with van der Waals surface area (Å²) in [5, 5.41) is 8.80. The molecule has 1 atom stereocenters. The Labute approximate surface area is 136 Å². The predicted octanol–water partition coefficient (Wildman–Crippen LogP) is 1.25. The molecule has 0 bridgehead atoms. The first-order valence-electron chi connectivity index (χ1n) is 7.98. The van der Waals surface area contributed by atoms with Crippen molar-refractivity contribution >= 4 is 11.9 Å². The molecular formula is C17H24N2O4. The minimum absolute atomic E-state index is 0.0258. The molecule has 2 rings (SSSR count). The summed E-state index contributed by atoms with van der Waals surface area (Å²) in [6.45, 7) is 6.07. The number of rotatable bonds is 6. The Morgan fingerprint density at radius 3 is 2.48 bits per heavy atom. The molecule has 0 radical (unpaired) electrons. The van der Waals surface area contributed by atoms with Gasteiger partial charge >= 0.3 is 5.97 Å². The predicted molar refractivity (Wildman–Crippen MR) is 86.6 cm³/mol. The molecule has 23 heavy (non-hydrogen) atoms.